The summed E-state index contributed by atoms with van der Waals surface area (Å²) in [6.07, 6.45) is 1.90. The van der Waals surface area contributed by atoms with Crippen molar-refractivity contribution in [3.05, 3.63) is 113 Å². The first-order valence-corrected chi connectivity index (χ1v) is 14.1. The number of anilines is 1. The number of benzene rings is 3. The third-order valence-corrected chi connectivity index (χ3v) is 8.21. The van der Waals surface area contributed by atoms with E-state index in [1.807, 2.05) is 16.9 Å². The lowest BCUT2D eigenvalue weighted by Crippen LogP contribution is -2.48. The monoisotopic (exact) mass is 540 g/mol. The van der Waals surface area contributed by atoms with Crippen LogP contribution in [-0.4, -0.2) is 61.3 Å². The molecular formula is C33H32N8. The van der Waals surface area contributed by atoms with Crippen molar-refractivity contribution in [3.8, 4) is 5.69 Å². The lowest BCUT2D eigenvalue weighted by atomic mass is 9.98. The van der Waals surface area contributed by atoms with Crippen molar-refractivity contribution >= 4 is 27.5 Å². The highest BCUT2D eigenvalue weighted by atomic mass is 15.6. The van der Waals surface area contributed by atoms with Gasteiger partial charge in [0, 0.05) is 54.5 Å². The molecule has 8 heteroatoms. The highest BCUT2D eigenvalue weighted by molar-refractivity contribution is 5.92. The summed E-state index contributed by atoms with van der Waals surface area (Å²) in [6.45, 7) is 9.79. The SMILES string of the molecule is Cc1cc(N2CCN(C(c3ccnc4ccccc34)c3nnnn3-c3c(C)cccc3C)CC2)c2ccccc2n1. The van der Waals surface area contributed by atoms with Crippen molar-refractivity contribution in [2.75, 3.05) is 31.1 Å². The van der Waals surface area contributed by atoms with Gasteiger partial charge < -0.3 is 4.90 Å². The third kappa shape index (κ3) is 4.50. The Labute approximate surface area is 239 Å². The van der Waals surface area contributed by atoms with E-state index in [9.17, 15) is 0 Å². The number of piperazine rings is 1. The normalized spacial score (nSPS) is 15.0. The van der Waals surface area contributed by atoms with Gasteiger partial charge in [0.15, 0.2) is 5.82 Å². The first-order chi connectivity index (χ1) is 20.1. The van der Waals surface area contributed by atoms with Gasteiger partial charge in [-0.2, -0.15) is 4.68 Å². The van der Waals surface area contributed by atoms with Crippen molar-refractivity contribution in [2.24, 2.45) is 0 Å². The van der Waals surface area contributed by atoms with Gasteiger partial charge in [-0.3, -0.25) is 14.9 Å². The molecule has 0 radical (unpaired) electrons. The Hall–Kier alpha value is -4.69. The fourth-order valence-electron chi connectivity index (χ4n) is 6.29. The van der Waals surface area contributed by atoms with Crippen LogP contribution in [0.1, 0.15) is 34.3 Å². The summed E-state index contributed by atoms with van der Waals surface area (Å²) in [7, 11) is 0. The van der Waals surface area contributed by atoms with Crippen LogP contribution in [0.15, 0.2) is 85.1 Å². The zero-order chi connectivity index (χ0) is 27.9. The summed E-state index contributed by atoms with van der Waals surface area (Å²) in [5.41, 5.74) is 8.78. The first-order valence-electron chi connectivity index (χ1n) is 14.1. The van der Waals surface area contributed by atoms with Crippen molar-refractivity contribution in [3.63, 3.8) is 0 Å². The van der Waals surface area contributed by atoms with E-state index >= 15 is 0 Å². The second-order valence-electron chi connectivity index (χ2n) is 10.8. The van der Waals surface area contributed by atoms with Crippen LogP contribution in [0.2, 0.25) is 0 Å². The van der Waals surface area contributed by atoms with Crippen molar-refractivity contribution in [1.82, 2.24) is 35.1 Å². The standard InChI is InChI=1S/C33H32N8/c1-22-9-8-10-23(2)31(22)41-33(36-37-38-41)32(26-15-16-34-28-13-6-4-11-25(26)28)40-19-17-39(18-20-40)30-21-24(3)35-29-14-7-5-12-27(29)30/h4-16,21,32H,17-20H2,1-3H3. The van der Waals surface area contributed by atoms with E-state index in [0.29, 0.717) is 0 Å². The summed E-state index contributed by atoms with van der Waals surface area (Å²) >= 11 is 0. The van der Waals surface area contributed by atoms with Gasteiger partial charge in [-0.05, 0) is 72.2 Å². The molecule has 0 aliphatic carbocycles. The highest BCUT2D eigenvalue weighted by Crippen LogP contribution is 2.35. The lowest BCUT2D eigenvalue weighted by molar-refractivity contribution is 0.204. The maximum Gasteiger partial charge on any atom is 0.178 e. The van der Waals surface area contributed by atoms with Crippen molar-refractivity contribution in [2.45, 2.75) is 26.8 Å². The molecule has 3 aromatic carbocycles. The van der Waals surface area contributed by atoms with E-state index in [1.54, 1.807) is 0 Å². The Morgan fingerprint density at radius 3 is 2.22 bits per heavy atom. The average Bonchev–Trinajstić information content (AvgIpc) is 3.46. The van der Waals surface area contributed by atoms with Gasteiger partial charge in [0.25, 0.3) is 0 Å². The quantitative estimate of drug-likeness (QED) is 0.282. The molecule has 3 aromatic heterocycles. The van der Waals surface area contributed by atoms with E-state index in [1.165, 1.54) is 11.1 Å². The van der Waals surface area contributed by atoms with Crippen LogP contribution in [-0.2, 0) is 0 Å². The van der Waals surface area contributed by atoms with Crippen LogP contribution < -0.4 is 4.90 Å². The molecule has 6 aromatic rings. The van der Waals surface area contributed by atoms with Gasteiger partial charge >= 0.3 is 0 Å². The van der Waals surface area contributed by atoms with Crippen molar-refractivity contribution < 1.29 is 0 Å². The molecule has 1 atom stereocenters. The number of fused-ring (bicyclic) bond motifs is 2. The fraction of sp³-hybridized carbons (Fsp3) is 0.242. The Morgan fingerprint density at radius 1 is 0.732 bits per heavy atom. The molecule has 0 bridgehead atoms. The second kappa shape index (κ2) is 10.4. The minimum absolute atomic E-state index is 0.144. The predicted molar refractivity (Wildman–Crippen MR) is 162 cm³/mol. The summed E-state index contributed by atoms with van der Waals surface area (Å²) in [6, 6.07) is 27.3. The molecule has 41 heavy (non-hydrogen) atoms. The molecule has 204 valence electrons. The topological polar surface area (TPSA) is 75.9 Å². The summed E-state index contributed by atoms with van der Waals surface area (Å²) in [5, 5.41) is 15.7. The van der Waals surface area contributed by atoms with Gasteiger partial charge in [-0.1, -0.05) is 54.6 Å². The molecule has 0 saturated carbocycles. The van der Waals surface area contributed by atoms with Gasteiger partial charge in [0.2, 0.25) is 0 Å². The van der Waals surface area contributed by atoms with Crippen LogP contribution >= 0.6 is 0 Å². The number of aromatic nitrogens is 6. The summed E-state index contributed by atoms with van der Waals surface area (Å²) in [5.74, 6) is 0.817. The Bertz CT molecular complexity index is 1840. The predicted octanol–water partition coefficient (Wildman–Crippen LogP) is 5.60. The van der Waals surface area contributed by atoms with Gasteiger partial charge in [-0.25, -0.2) is 0 Å². The summed E-state index contributed by atoms with van der Waals surface area (Å²) < 4.78 is 1.94. The molecule has 0 spiro atoms. The van der Waals surface area contributed by atoms with Crippen LogP contribution in [0.5, 0.6) is 0 Å². The van der Waals surface area contributed by atoms with Crippen molar-refractivity contribution in [1.29, 1.82) is 0 Å². The molecule has 1 saturated heterocycles. The van der Waals surface area contributed by atoms with Crippen LogP contribution in [0.25, 0.3) is 27.5 Å². The van der Waals surface area contributed by atoms with E-state index in [0.717, 1.165) is 76.5 Å². The number of aryl methyl sites for hydroxylation is 3. The molecule has 0 amide bonds. The average molecular weight is 541 g/mol. The minimum Gasteiger partial charge on any atom is -0.368 e. The van der Waals surface area contributed by atoms with Crippen LogP contribution in [0.4, 0.5) is 5.69 Å². The minimum atomic E-state index is -0.144. The molecule has 8 nitrogen and oxygen atoms in total. The maximum atomic E-state index is 4.76. The van der Waals surface area contributed by atoms with Gasteiger partial charge in [0.1, 0.15) is 0 Å². The number of para-hydroxylation sites is 3. The smallest absolute Gasteiger partial charge is 0.178 e. The molecular weight excluding hydrogens is 508 g/mol. The van der Waals surface area contributed by atoms with Gasteiger partial charge in [-0.15, -0.1) is 5.10 Å². The Kier molecular flexibility index (Phi) is 6.40. The van der Waals surface area contributed by atoms with Gasteiger partial charge in [0.05, 0.1) is 22.8 Å². The molecule has 1 fully saturated rings. The number of hydrogen-bond donors (Lipinski definition) is 0. The van der Waals surface area contributed by atoms with Crippen LogP contribution in [0.3, 0.4) is 0 Å². The van der Waals surface area contributed by atoms with E-state index in [2.05, 4.69) is 124 Å². The highest BCUT2D eigenvalue weighted by Gasteiger charge is 2.33. The largest absolute Gasteiger partial charge is 0.368 e. The summed E-state index contributed by atoms with van der Waals surface area (Å²) in [4.78, 5) is 14.4. The van der Waals surface area contributed by atoms with E-state index < -0.39 is 0 Å². The number of tetrazole rings is 1. The lowest BCUT2D eigenvalue weighted by Gasteiger charge is -2.40. The molecule has 1 aliphatic rings. The second-order valence-corrected chi connectivity index (χ2v) is 10.8. The molecule has 4 heterocycles. The number of rotatable bonds is 5. The number of hydrogen-bond acceptors (Lipinski definition) is 7. The molecule has 1 aliphatic heterocycles. The Morgan fingerprint density at radius 2 is 1.44 bits per heavy atom. The van der Waals surface area contributed by atoms with E-state index in [4.69, 9.17) is 4.98 Å². The molecule has 1 unspecified atom stereocenters. The third-order valence-electron chi connectivity index (χ3n) is 8.21. The zero-order valence-electron chi connectivity index (χ0n) is 23.6. The first kappa shape index (κ1) is 25.3. The number of nitrogens with zero attached hydrogens (tertiary/aromatic N) is 8. The Balaban J connectivity index is 1.31. The maximum absolute atomic E-state index is 4.76. The zero-order valence-corrected chi connectivity index (χ0v) is 23.6. The molecule has 0 N–H and O–H groups in total. The fourth-order valence-corrected chi connectivity index (χ4v) is 6.29. The van der Waals surface area contributed by atoms with Crippen LogP contribution in [0, 0.1) is 20.8 Å². The number of pyridine rings is 2. The molecule has 7 rings (SSSR count). The van der Waals surface area contributed by atoms with E-state index in [-0.39, 0.29) is 6.04 Å².